The second-order valence-corrected chi connectivity index (χ2v) is 5.33. The minimum atomic E-state index is -0.0158. The first-order valence-corrected chi connectivity index (χ1v) is 6.49. The number of rotatable bonds is 4. The van der Waals surface area contributed by atoms with E-state index in [9.17, 15) is 5.11 Å². The summed E-state index contributed by atoms with van der Waals surface area (Å²) >= 11 is 7.26. The van der Waals surface area contributed by atoms with Crippen molar-refractivity contribution in [2.24, 2.45) is 0 Å². The fraction of sp³-hybridized carbons (Fsp3) is 0.231. The van der Waals surface area contributed by atoms with Crippen LogP contribution in [0.1, 0.15) is 23.5 Å². The molecule has 0 fully saturated rings. The molecule has 0 unspecified atom stereocenters. The lowest BCUT2D eigenvalue weighted by Gasteiger charge is -2.12. The lowest BCUT2D eigenvalue weighted by Crippen LogP contribution is -1.99. The predicted molar refractivity (Wildman–Crippen MR) is 70.6 cm³/mol. The van der Waals surface area contributed by atoms with Gasteiger partial charge < -0.3 is 9.84 Å². The Balaban J connectivity index is 1.95. The number of ether oxygens (including phenoxy) is 1. The van der Waals surface area contributed by atoms with Crippen molar-refractivity contribution in [2.75, 3.05) is 0 Å². The van der Waals surface area contributed by atoms with Crippen molar-refractivity contribution < 1.29 is 9.84 Å². The molecular weight excluding hydrogens is 256 g/mol. The fourth-order valence-electron chi connectivity index (χ4n) is 1.51. The van der Waals surface area contributed by atoms with Crippen LogP contribution in [0.25, 0.3) is 0 Å². The summed E-state index contributed by atoms with van der Waals surface area (Å²) in [7, 11) is 0. The minimum absolute atomic E-state index is 0.0158. The standard InChI is InChI=1S/C13H13ClO2S/c1-9(10-3-2-4-11(14)7-10)16-8-12-5-6-13(15)17-12/h2-7,9,15H,8H2,1H3/t9-/m0/s1. The summed E-state index contributed by atoms with van der Waals surface area (Å²) < 4.78 is 5.72. The highest BCUT2D eigenvalue weighted by molar-refractivity contribution is 7.13. The largest absolute Gasteiger partial charge is 0.499 e. The van der Waals surface area contributed by atoms with E-state index in [1.807, 2.05) is 37.3 Å². The molecule has 0 spiro atoms. The van der Waals surface area contributed by atoms with Gasteiger partial charge in [-0.2, -0.15) is 0 Å². The molecule has 0 aliphatic carbocycles. The van der Waals surface area contributed by atoms with Crippen LogP contribution >= 0.6 is 22.9 Å². The Bertz CT molecular complexity index is 496. The van der Waals surface area contributed by atoms with Crippen LogP contribution in [0.2, 0.25) is 5.02 Å². The lowest BCUT2D eigenvalue weighted by atomic mass is 10.1. The van der Waals surface area contributed by atoms with E-state index in [-0.39, 0.29) is 6.10 Å². The first-order chi connectivity index (χ1) is 8.15. The summed E-state index contributed by atoms with van der Waals surface area (Å²) in [4.78, 5) is 1.01. The summed E-state index contributed by atoms with van der Waals surface area (Å²) in [5.41, 5.74) is 1.05. The number of halogens is 1. The Morgan fingerprint density at radius 1 is 1.35 bits per heavy atom. The molecule has 17 heavy (non-hydrogen) atoms. The Kier molecular flexibility index (Phi) is 4.05. The molecule has 1 N–H and O–H groups in total. The van der Waals surface area contributed by atoms with E-state index < -0.39 is 0 Å². The molecule has 0 saturated carbocycles. The van der Waals surface area contributed by atoms with Crippen molar-refractivity contribution >= 4 is 22.9 Å². The minimum Gasteiger partial charge on any atom is -0.499 e. The van der Waals surface area contributed by atoms with Crippen LogP contribution in [-0.2, 0) is 11.3 Å². The van der Waals surface area contributed by atoms with Crippen LogP contribution in [0.5, 0.6) is 5.06 Å². The average molecular weight is 269 g/mol. The van der Waals surface area contributed by atoms with Crippen LogP contribution in [0.4, 0.5) is 0 Å². The molecule has 4 heteroatoms. The average Bonchev–Trinajstić information content (AvgIpc) is 2.72. The zero-order valence-electron chi connectivity index (χ0n) is 9.39. The summed E-state index contributed by atoms with van der Waals surface area (Å²) in [6, 6.07) is 11.2. The van der Waals surface area contributed by atoms with E-state index >= 15 is 0 Å². The molecule has 1 atom stereocenters. The van der Waals surface area contributed by atoms with Crippen LogP contribution in [0, 0.1) is 0 Å². The maximum absolute atomic E-state index is 9.22. The van der Waals surface area contributed by atoms with Gasteiger partial charge in [-0.1, -0.05) is 23.7 Å². The Hall–Kier alpha value is -1.03. The molecule has 1 heterocycles. The van der Waals surface area contributed by atoms with Crippen molar-refractivity contribution in [1.82, 2.24) is 0 Å². The molecule has 2 aromatic rings. The van der Waals surface area contributed by atoms with Crippen molar-refractivity contribution in [3.05, 3.63) is 51.9 Å². The maximum Gasteiger partial charge on any atom is 0.171 e. The zero-order valence-corrected chi connectivity index (χ0v) is 11.0. The molecule has 0 bridgehead atoms. The molecule has 1 aromatic heterocycles. The molecule has 2 nitrogen and oxygen atoms in total. The van der Waals surface area contributed by atoms with Crippen LogP contribution in [0.3, 0.4) is 0 Å². The Morgan fingerprint density at radius 2 is 2.18 bits per heavy atom. The van der Waals surface area contributed by atoms with Crippen molar-refractivity contribution in [3.63, 3.8) is 0 Å². The van der Waals surface area contributed by atoms with Gasteiger partial charge in [-0.3, -0.25) is 0 Å². The first kappa shape index (κ1) is 12.4. The normalized spacial score (nSPS) is 12.6. The number of hydrogen-bond acceptors (Lipinski definition) is 3. The van der Waals surface area contributed by atoms with E-state index in [1.165, 1.54) is 11.3 Å². The summed E-state index contributed by atoms with van der Waals surface area (Å²) in [6.07, 6.45) is -0.0158. The van der Waals surface area contributed by atoms with Gasteiger partial charge in [0.05, 0.1) is 12.7 Å². The van der Waals surface area contributed by atoms with E-state index in [4.69, 9.17) is 16.3 Å². The SMILES string of the molecule is C[C@H](OCc1ccc(O)s1)c1cccc(Cl)c1. The third-order valence-electron chi connectivity index (χ3n) is 2.44. The molecule has 0 amide bonds. The van der Waals surface area contributed by atoms with E-state index in [1.54, 1.807) is 6.07 Å². The van der Waals surface area contributed by atoms with Crippen LogP contribution < -0.4 is 0 Å². The lowest BCUT2D eigenvalue weighted by molar-refractivity contribution is 0.0542. The molecule has 0 saturated heterocycles. The quantitative estimate of drug-likeness (QED) is 0.891. The summed E-state index contributed by atoms with van der Waals surface area (Å²) in [5.74, 6) is 0. The summed E-state index contributed by atoms with van der Waals surface area (Å²) in [5, 5.41) is 10.3. The van der Waals surface area contributed by atoms with Gasteiger partial charge in [-0.15, -0.1) is 11.3 Å². The zero-order chi connectivity index (χ0) is 12.3. The molecule has 90 valence electrons. The molecule has 1 aromatic carbocycles. The highest BCUT2D eigenvalue weighted by atomic mass is 35.5. The van der Waals surface area contributed by atoms with Crippen molar-refractivity contribution in [2.45, 2.75) is 19.6 Å². The van der Waals surface area contributed by atoms with E-state index in [0.29, 0.717) is 16.7 Å². The fourth-order valence-corrected chi connectivity index (χ4v) is 2.37. The van der Waals surface area contributed by atoms with Gasteiger partial charge in [0.25, 0.3) is 0 Å². The Labute approximate surface area is 109 Å². The van der Waals surface area contributed by atoms with Gasteiger partial charge in [0.1, 0.15) is 0 Å². The van der Waals surface area contributed by atoms with Gasteiger partial charge in [0.2, 0.25) is 0 Å². The van der Waals surface area contributed by atoms with Crippen molar-refractivity contribution in [3.8, 4) is 5.06 Å². The van der Waals surface area contributed by atoms with Crippen LogP contribution in [-0.4, -0.2) is 5.11 Å². The smallest absolute Gasteiger partial charge is 0.171 e. The van der Waals surface area contributed by atoms with Gasteiger partial charge in [-0.25, -0.2) is 0 Å². The second-order valence-electron chi connectivity index (χ2n) is 3.75. The molecule has 0 aliphatic heterocycles. The van der Waals surface area contributed by atoms with E-state index in [0.717, 1.165) is 10.4 Å². The molecule has 0 aliphatic rings. The van der Waals surface area contributed by atoms with Crippen molar-refractivity contribution in [1.29, 1.82) is 0 Å². The van der Waals surface area contributed by atoms with Crippen LogP contribution in [0.15, 0.2) is 36.4 Å². The number of aromatic hydroxyl groups is 1. The van der Waals surface area contributed by atoms with E-state index in [2.05, 4.69) is 0 Å². The Morgan fingerprint density at radius 3 is 2.82 bits per heavy atom. The van der Waals surface area contributed by atoms with Gasteiger partial charge in [0, 0.05) is 9.90 Å². The highest BCUT2D eigenvalue weighted by Gasteiger charge is 2.07. The molecular formula is C13H13ClO2S. The second kappa shape index (κ2) is 5.54. The monoisotopic (exact) mass is 268 g/mol. The number of benzene rings is 1. The molecule has 2 rings (SSSR count). The highest BCUT2D eigenvalue weighted by Crippen LogP contribution is 2.26. The topological polar surface area (TPSA) is 29.5 Å². The van der Waals surface area contributed by atoms with Gasteiger partial charge in [0.15, 0.2) is 5.06 Å². The van der Waals surface area contributed by atoms with Gasteiger partial charge >= 0.3 is 0 Å². The number of thiophene rings is 1. The summed E-state index contributed by atoms with van der Waals surface area (Å²) in [6.45, 7) is 2.48. The first-order valence-electron chi connectivity index (χ1n) is 5.30. The third-order valence-corrected chi connectivity index (χ3v) is 3.54. The van der Waals surface area contributed by atoms with Gasteiger partial charge in [-0.05, 0) is 36.8 Å². The molecule has 0 radical (unpaired) electrons. The predicted octanol–water partition coefficient (Wildman–Crippen LogP) is 4.38. The third kappa shape index (κ3) is 3.46. The maximum atomic E-state index is 9.22. The number of hydrogen-bond donors (Lipinski definition) is 1.